The molecule has 7 heteroatoms. The fourth-order valence-electron chi connectivity index (χ4n) is 3.02. The van der Waals surface area contributed by atoms with E-state index in [2.05, 4.69) is 26.7 Å². The van der Waals surface area contributed by atoms with Gasteiger partial charge in [-0.2, -0.15) is 0 Å². The number of aryl methyl sites for hydroxylation is 2. The van der Waals surface area contributed by atoms with Crippen molar-refractivity contribution in [1.82, 2.24) is 9.97 Å². The minimum atomic E-state index is -0.292. The maximum atomic E-state index is 12.4. The summed E-state index contributed by atoms with van der Waals surface area (Å²) in [6.07, 6.45) is 3.00. The highest BCUT2D eigenvalue weighted by atomic mass is 16.7. The number of rotatable bonds is 5. The zero-order valence-corrected chi connectivity index (χ0v) is 15.7. The van der Waals surface area contributed by atoms with Crippen LogP contribution in [0.1, 0.15) is 27.2 Å². The number of aromatic nitrogens is 2. The van der Waals surface area contributed by atoms with E-state index in [-0.39, 0.29) is 18.4 Å². The zero-order chi connectivity index (χ0) is 19.5. The normalized spacial score (nSPS) is 11.9. The van der Waals surface area contributed by atoms with E-state index < -0.39 is 0 Å². The molecule has 2 N–H and O–H groups in total. The van der Waals surface area contributed by atoms with Crippen molar-refractivity contribution in [2.75, 3.05) is 17.4 Å². The van der Waals surface area contributed by atoms with Gasteiger partial charge >= 0.3 is 0 Å². The van der Waals surface area contributed by atoms with Crippen molar-refractivity contribution in [3.05, 3.63) is 71.2 Å². The summed E-state index contributed by atoms with van der Waals surface area (Å²) < 4.78 is 10.7. The van der Waals surface area contributed by atoms with Gasteiger partial charge in [0, 0.05) is 12.2 Å². The lowest BCUT2D eigenvalue weighted by atomic mass is 10.1. The van der Waals surface area contributed by atoms with E-state index in [0.29, 0.717) is 12.4 Å². The van der Waals surface area contributed by atoms with E-state index in [0.717, 1.165) is 33.9 Å². The Hall–Kier alpha value is -3.61. The van der Waals surface area contributed by atoms with Crippen molar-refractivity contribution >= 4 is 17.4 Å². The maximum absolute atomic E-state index is 12.4. The monoisotopic (exact) mass is 376 g/mol. The topological polar surface area (TPSA) is 85.4 Å². The second-order valence-electron chi connectivity index (χ2n) is 6.66. The van der Waals surface area contributed by atoms with Crippen LogP contribution >= 0.6 is 0 Å². The third-order valence-electron chi connectivity index (χ3n) is 4.27. The number of amides is 1. The molecule has 3 aromatic rings. The molecule has 4 rings (SSSR count). The third-order valence-corrected chi connectivity index (χ3v) is 4.27. The molecule has 0 saturated heterocycles. The molecular weight excluding hydrogens is 356 g/mol. The molecule has 0 fully saturated rings. The molecule has 142 valence electrons. The highest BCUT2D eigenvalue weighted by Crippen LogP contribution is 2.32. The molecule has 28 heavy (non-hydrogen) atoms. The average molecular weight is 376 g/mol. The summed E-state index contributed by atoms with van der Waals surface area (Å²) in [5, 5.41) is 6.03. The Morgan fingerprint density at radius 3 is 2.54 bits per heavy atom. The van der Waals surface area contributed by atoms with Crippen LogP contribution < -0.4 is 20.1 Å². The number of nitrogens with one attached hydrogen (secondary N) is 2. The van der Waals surface area contributed by atoms with Crippen molar-refractivity contribution in [2.24, 2.45) is 0 Å². The van der Waals surface area contributed by atoms with Gasteiger partial charge < -0.3 is 20.1 Å². The molecular formula is C21H20N4O3. The highest BCUT2D eigenvalue weighted by Gasteiger charge is 2.13. The minimum absolute atomic E-state index is 0.253. The Morgan fingerprint density at radius 2 is 1.79 bits per heavy atom. The van der Waals surface area contributed by atoms with Gasteiger partial charge in [0.1, 0.15) is 11.5 Å². The summed E-state index contributed by atoms with van der Waals surface area (Å²) in [6, 6.07) is 11.6. The van der Waals surface area contributed by atoms with Crippen LogP contribution in [-0.4, -0.2) is 22.7 Å². The van der Waals surface area contributed by atoms with Gasteiger partial charge in [0.2, 0.25) is 6.79 Å². The first kappa shape index (κ1) is 17.8. The standard InChI is InChI=1S/C21H20N4O3/c1-13-5-14(2)7-16(6-13)25-21(26)17-10-24-20(11-22-17)23-9-15-3-4-18-19(8-15)28-12-27-18/h3-8,10-11H,9,12H2,1-2H3,(H,23,24)(H,25,26). The fourth-order valence-corrected chi connectivity index (χ4v) is 3.02. The second-order valence-corrected chi connectivity index (χ2v) is 6.66. The Labute approximate surface area is 162 Å². The second kappa shape index (κ2) is 7.56. The van der Waals surface area contributed by atoms with Crippen molar-refractivity contribution in [1.29, 1.82) is 0 Å². The Balaban J connectivity index is 1.37. The molecule has 7 nitrogen and oxygen atoms in total. The molecule has 1 amide bonds. The van der Waals surface area contributed by atoms with Gasteiger partial charge in [0.05, 0.1) is 12.4 Å². The van der Waals surface area contributed by atoms with E-state index in [1.54, 1.807) is 6.20 Å². The molecule has 1 aromatic heterocycles. The molecule has 0 atom stereocenters. The predicted molar refractivity (Wildman–Crippen MR) is 106 cm³/mol. The Kier molecular flexibility index (Phi) is 4.80. The van der Waals surface area contributed by atoms with Crippen molar-refractivity contribution in [3.63, 3.8) is 0 Å². The lowest BCUT2D eigenvalue weighted by Crippen LogP contribution is -2.14. The highest BCUT2D eigenvalue weighted by molar-refractivity contribution is 6.02. The predicted octanol–water partition coefficient (Wildman–Crippen LogP) is 3.69. The average Bonchev–Trinajstić information content (AvgIpc) is 3.14. The van der Waals surface area contributed by atoms with E-state index in [4.69, 9.17) is 9.47 Å². The molecule has 2 aromatic carbocycles. The van der Waals surface area contributed by atoms with E-state index >= 15 is 0 Å². The lowest BCUT2D eigenvalue weighted by Gasteiger charge is -2.08. The van der Waals surface area contributed by atoms with Gasteiger partial charge in [-0.05, 0) is 54.8 Å². The zero-order valence-electron chi connectivity index (χ0n) is 15.7. The number of fused-ring (bicyclic) bond motifs is 1. The maximum Gasteiger partial charge on any atom is 0.275 e. The van der Waals surface area contributed by atoms with Crippen molar-refractivity contribution < 1.29 is 14.3 Å². The van der Waals surface area contributed by atoms with Crippen LogP contribution in [0.5, 0.6) is 11.5 Å². The van der Waals surface area contributed by atoms with E-state index in [1.807, 2.05) is 44.2 Å². The Morgan fingerprint density at radius 1 is 1.00 bits per heavy atom. The van der Waals surface area contributed by atoms with Crippen LogP contribution in [0.2, 0.25) is 0 Å². The van der Waals surface area contributed by atoms with Crippen LogP contribution in [0.25, 0.3) is 0 Å². The third kappa shape index (κ3) is 4.03. The molecule has 1 aliphatic rings. The number of hydrogen-bond acceptors (Lipinski definition) is 6. The summed E-state index contributed by atoms with van der Waals surface area (Å²) in [4.78, 5) is 20.9. The first-order valence-corrected chi connectivity index (χ1v) is 8.91. The largest absolute Gasteiger partial charge is 0.454 e. The van der Waals surface area contributed by atoms with Crippen LogP contribution in [0.4, 0.5) is 11.5 Å². The summed E-state index contributed by atoms with van der Waals surface area (Å²) in [7, 11) is 0. The smallest absolute Gasteiger partial charge is 0.275 e. The SMILES string of the molecule is Cc1cc(C)cc(NC(=O)c2cnc(NCc3ccc4c(c3)OCO4)cn2)c1. The van der Waals surface area contributed by atoms with Gasteiger partial charge in [-0.3, -0.25) is 4.79 Å². The van der Waals surface area contributed by atoms with Crippen LogP contribution in [-0.2, 0) is 6.54 Å². The van der Waals surface area contributed by atoms with Gasteiger partial charge in [-0.25, -0.2) is 9.97 Å². The lowest BCUT2D eigenvalue weighted by molar-refractivity contribution is 0.102. The number of hydrogen-bond donors (Lipinski definition) is 2. The summed E-state index contributed by atoms with van der Waals surface area (Å²) in [6.45, 7) is 4.79. The van der Waals surface area contributed by atoms with Crippen molar-refractivity contribution in [3.8, 4) is 11.5 Å². The number of benzene rings is 2. The molecule has 0 radical (unpaired) electrons. The number of ether oxygens (including phenoxy) is 2. The number of anilines is 2. The molecule has 0 aliphatic carbocycles. The van der Waals surface area contributed by atoms with Gasteiger partial charge in [-0.1, -0.05) is 12.1 Å². The Bertz CT molecular complexity index is 998. The van der Waals surface area contributed by atoms with Crippen molar-refractivity contribution in [2.45, 2.75) is 20.4 Å². The molecule has 2 heterocycles. The molecule has 0 saturated carbocycles. The molecule has 0 unspecified atom stereocenters. The molecule has 0 spiro atoms. The van der Waals surface area contributed by atoms with E-state index in [9.17, 15) is 4.79 Å². The number of nitrogens with zero attached hydrogens (tertiary/aromatic N) is 2. The molecule has 1 aliphatic heterocycles. The summed E-state index contributed by atoms with van der Waals surface area (Å²) in [5.41, 5.74) is 4.21. The van der Waals surface area contributed by atoms with E-state index in [1.165, 1.54) is 6.20 Å². The summed E-state index contributed by atoms with van der Waals surface area (Å²) in [5.74, 6) is 1.78. The number of carbonyl (C=O) groups excluding carboxylic acids is 1. The minimum Gasteiger partial charge on any atom is -0.454 e. The fraction of sp³-hybridized carbons (Fsp3) is 0.190. The van der Waals surface area contributed by atoms with Crippen LogP contribution in [0, 0.1) is 13.8 Å². The van der Waals surface area contributed by atoms with Gasteiger partial charge in [0.15, 0.2) is 11.5 Å². The van der Waals surface area contributed by atoms with Crippen LogP contribution in [0.15, 0.2) is 48.8 Å². The van der Waals surface area contributed by atoms with Gasteiger partial charge in [0.25, 0.3) is 5.91 Å². The van der Waals surface area contributed by atoms with Gasteiger partial charge in [-0.15, -0.1) is 0 Å². The number of carbonyl (C=O) groups is 1. The first-order chi connectivity index (χ1) is 13.6. The quantitative estimate of drug-likeness (QED) is 0.706. The first-order valence-electron chi connectivity index (χ1n) is 8.91. The summed E-state index contributed by atoms with van der Waals surface area (Å²) >= 11 is 0. The van der Waals surface area contributed by atoms with Crippen LogP contribution in [0.3, 0.4) is 0 Å². The molecule has 0 bridgehead atoms.